The fourth-order valence-corrected chi connectivity index (χ4v) is 1.64. The van der Waals surface area contributed by atoms with Gasteiger partial charge >= 0.3 is 0 Å². The van der Waals surface area contributed by atoms with Gasteiger partial charge in [-0.2, -0.15) is 0 Å². The van der Waals surface area contributed by atoms with Gasteiger partial charge in [-0.25, -0.2) is 4.39 Å². The topological polar surface area (TPSA) is 21.3 Å². The summed E-state index contributed by atoms with van der Waals surface area (Å²) in [5.41, 5.74) is 0. The molecule has 1 atom stereocenters. The highest BCUT2D eigenvalue weighted by Gasteiger charge is 2.15. The Morgan fingerprint density at radius 2 is 2.13 bits per heavy atom. The molecule has 0 radical (unpaired) electrons. The highest BCUT2D eigenvalue weighted by molar-refractivity contribution is 5.85. The van der Waals surface area contributed by atoms with Crippen molar-refractivity contribution < 1.29 is 9.13 Å². The Morgan fingerprint density at radius 3 is 2.80 bits per heavy atom. The molecule has 0 aromatic heterocycles. The average molecular weight is 232 g/mol. The third-order valence-electron chi connectivity index (χ3n) is 2.38. The van der Waals surface area contributed by atoms with Gasteiger partial charge < -0.3 is 10.1 Å². The number of benzene rings is 1. The van der Waals surface area contributed by atoms with Crippen molar-refractivity contribution in [2.75, 3.05) is 13.1 Å². The van der Waals surface area contributed by atoms with Crippen LogP contribution in [0.5, 0.6) is 5.75 Å². The van der Waals surface area contributed by atoms with Crippen LogP contribution in [0.25, 0.3) is 0 Å². The van der Waals surface area contributed by atoms with Crippen LogP contribution in [0.4, 0.5) is 4.39 Å². The summed E-state index contributed by atoms with van der Waals surface area (Å²) in [4.78, 5) is 0. The number of hydrogen-bond donors (Lipinski definition) is 1. The molecule has 1 unspecified atom stereocenters. The fourth-order valence-electron chi connectivity index (χ4n) is 1.64. The largest absolute Gasteiger partial charge is 0.486 e. The molecule has 1 aliphatic rings. The lowest BCUT2D eigenvalue weighted by molar-refractivity contribution is 0.160. The summed E-state index contributed by atoms with van der Waals surface area (Å²) in [7, 11) is 0. The molecule has 1 aromatic rings. The third-order valence-corrected chi connectivity index (χ3v) is 2.38. The molecule has 0 bridgehead atoms. The van der Waals surface area contributed by atoms with Crippen molar-refractivity contribution >= 4 is 12.4 Å². The normalized spacial score (nSPS) is 20.5. The lowest BCUT2D eigenvalue weighted by atomic mass is 10.1. The van der Waals surface area contributed by atoms with Crippen molar-refractivity contribution in [1.29, 1.82) is 0 Å². The van der Waals surface area contributed by atoms with Crippen LogP contribution in [0.2, 0.25) is 0 Å². The molecule has 0 spiro atoms. The van der Waals surface area contributed by atoms with Gasteiger partial charge in [0.2, 0.25) is 0 Å². The standard InChI is InChI=1S/C11H14FNO.ClH/c12-10-5-1-2-6-11(10)14-9-4-3-7-13-8-9;/h1-2,5-6,9,13H,3-4,7-8H2;1H. The Morgan fingerprint density at radius 1 is 1.33 bits per heavy atom. The molecular weight excluding hydrogens is 217 g/mol. The van der Waals surface area contributed by atoms with Gasteiger partial charge in [-0.3, -0.25) is 0 Å². The van der Waals surface area contributed by atoms with Gasteiger partial charge in [-0.05, 0) is 31.5 Å². The molecule has 0 aliphatic carbocycles. The molecular formula is C11H15ClFNO. The van der Waals surface area contributed by atoms with Crippen molar-refractivity contribution in [3.8, 4) is 5.75 Å². The lowest BCUT2D eigenvalue weighted by Crippen LogP contribution is -2.37. The van der Waals surface area contributed by atoms with Crippen LogP contribution in [0.3, 0.4) is 0 Å². The molecule has 1 fully saturated rings. The van der Waals surface area contributed by atoms with Crippen LogP contribution in [0.1, 0.15) is 12.8 Å². The van der Waals surface area contributed by atoms with E-state index in [1.807, 2.05) is 0 Å². The molecule has 1 heterocycles. The molecule has 2 rings (SSSR count). The van der Waals surface area contributed by atoms with E-state index in [4.69, 9.17) is 4.74 Å². The van der Waals surface area contributed by atoms with Crippen molar-refractivity contribution in [2.24, 2.45) is 0 Å². The van der Waals surface area contributed by atoms with E-state index in [9.17, 15) is 4.39 Å². The molecule has 84 valence electrons. The van der Waals surface area contributed by atoms with E-state index in [-0.39, 0.29) is 24.3 Å². The second kappa shape index (κ2) is 5.93. The van der Waals surface area contributed by atoms with E-state index in [1.54, 1.807) is 18.2 Å². The van der Waals surface area contributed by atoms with Gasteiger partial charge in [-0.15, -0.1) is 12.4 Å². The molecule has 4 heteroatoms. The first-order valence-corrected chi connectivity index (χ1v) is 4.98. The van der Waals surface area contributed by atoms with E-state index in [1.165, 1.54) is 6.07 Å². The van der Waals surface area contributed by atoms with E-state index < -0.39 is 0 Å². The highest BCUT2D eigenvalue weighted by atomic mass is 35.5. The zero-order valence-electron chi connectivity index (χ0n) is 8.41. The molecule has 2 nitrogen and oxygen atoms in total. The van der Waals surface area contributed by atoms with Crippen LogP contribution in [0, 0.1) is 5.82 Å². The fraction of sp³-hybridized carbons (Fsp3) is 0.455. The number of halogens is 2. The smallest absolute Gasteiger partial charge is 0.165 e. The van der Waals surface area contributed by atoms with Gasteiger partial charge in [0, 0.05) is 6.54 Å². The second-order valence-electron chi connectivity index (χ2n) is 3.52. The van der Waals surface area contributed by atoms with Crippen LogP contribution in [0.15, 0.2) is 24.3 Å². The van der Waals surface area contributed by atoms with Crippen molar-refractivity contribution in [3.63, 3.8) is 0 Å². The quantitative estimate of drug-likeness (QED) is 0.844. The first-order valence-electron chi connectivity index (χ1n) is 4.98. The summed E-state index contributed by atoms with van der Waals surface area (Å²) in [5.74, 6) is 0.0827. The Balaban J connectivity index is 0.00000112. The molecule has 15 heavy (non-hydrogen) atoms. The number of nitrogens with one attached hydrogen (secondary N) is 1. The molecule has 0 saturated carbocycles. The first-order chi connectivity index (χ1) is 6.86. The summed E-state index contributed by atoms with van der Waals surface area (Å²) < 4.78 is 18.7. The summed E-state index contributed by atoms with van der Waals surface area (Å²) in [6, 6.07) is 6.55. The van der Waals surface area contributed by atoms with Crippen molar-refractivity contribution in [2.45, 2.75) is 18.9 Å². The monoisotopic (exact) mass is 231 g/mol. The van der Waals surface area contributed by atoms with E-state index in [0.717, 1.165) is 25.9 Å². The third kappa shape index (κ3) is 3.36. The molecule has 1 N–H and O–H groups in total. The summed E-state index contributed by atoms with van der Waals surface area (Å²) in [6.45, 7) is 1.85. The van der Waals surface area contributed by atoms with Gasteiger partial charge in [0.25, 0.3) is 0 Å². The van der Waals surface area contributed by atoms with E-state index in [2.05, 4.69) is 5.32 Å². The number of piperidine rings is 1. The van der Waals surface area contributed by atoms with Gasteiger partial charge in [0.05, 0.1) is 0 Å². The maximum absolute atomic E-state index is 13.2. The van der Waals surface area contributed by atoms with Crippen LogP contribution in [-0.4, -0.2) is 19.2 Å². The minimum Gasteiger partial charge on any atom is -0.486 e. The van der Waals surface area contributed by atoms with Gasteiger partial charge in [-0.1, -0.05) is 12.1 Å². The summed E-state index contributed by atoms with van der Waals surface area (Å²) >= 11 is 0. The van der Waals surface area contributed by atoms with E-state index >= 15 is 0 Å². The van der Waals surface area contributed by atoms with E-state index in [0.29, 0.717) is 5.75 Å². The SMILES string of the molecule is Cl.Fc1ccccc1OC1CCCNC1. The highest BCUT2D eigenvalue weighted by Crippen LogP contribution is 2.19. The Hall–Kier alpha value is -0.800. The Kier molecular flexibility index (Phi) is 4.85. The predicted molar refractivity (Wildman–Crippen MR) is 60.2 cm³/mol. The number of para-hydroxylation sites is 1. The van der Waals surface area contributed by atoms with Crippen LogP contribution in [-0.2, 0) is 0 Å². The molecule has 1 aromatic carbocycles. The van der Waals surface area contributed by atoms with Crippen molar-refractivity contribution in [1.82, 2.24) is 5.32 Å². The average Bonchev–Trinajstić information content (AvgIpc) is 2.23. The zero-order chi connectivity index (χ0) is 9.80. The van der Waals surface area contributed by atoms with Crippen LogP contribution < -0.4 is 10.1 Å². The predicted octanol–water partition coefficient (Wildman–Crippen LogP) is 2.38. The second-order valence-corrected chi connectivity index (χ2v) is 3.52. The number of rotatable bonds is 2. The number of ether oxygens (including phenoxy) is 1. The Bertz CT molecular complexity index is 302. The summed E-state index contributed by atoms with van der Waals surface area (Å²) in [6.07, 6.45) is 2.21. The maximum atomic E-state index is 13.2. The Labute approximate surface area is 95.2 Å². The number of hydrogen-bond acceptors (Lipinski definition) is 2. The maximum Gasteiger partial charge on any atom is 0.165 e. The lowest BCUT2D eigenvalue weighted by Gasteiger charge is -2.23. The van der Waals surface area contributed by atoms with Gasteiger partial charge in [0.1, 0.15) is 6.10 Å². The van der Waals surface area contributed by atoms with Crippen LogP contribution >= 0.6 is 12.4 Å². The molecule has 1 saturated heterocycles. The minimum absolute atomic E-state index is 0. The molecule has 1 aliphatic heterocycles. The first kappa shape index (κ1) is 12.3. The summed E-state index contributed by atoms with van der Waals surface area (Å²) in [5, 5.41) is 3.23. The minimum atomic E-state index is -0.280. The van der Waals surface area contributed by atoms with Gasteiger partial charge in [0.15, 0.2) is 11.6 Å². The zero-order valence-corrected chi connectivity index (χ0v) is 9.23. The molecule has 0 amide bonds. The van der Waals surface area contributed by atoms with Crippen molar-refractivity contribution in [3.05, 3.63) is 30.1 Å².